The van der Waals surface area contributed by atoms with Gasteiger partial charge in [-0.15, -0.1) is 0 Å². The molecule has 21 heavy (non-hydrogen) atoms. The fraction of sp³-hybridized carbons (Fsp3) is 0.500. The van der Waals surface area contributed by atoms with Crippen molar-refractivity contribution in [1.82, 2.24) is 4.90 Å². The fourth-order valence-electron chi connectivity index (χ4n) is 2.72. The summed E-state index contributed by atoms with van der Waals surface area (Å²) in [4.78, 5) is 14.2. The zero-order valence-corrected chi connectivity index (χ0v) is 12.6. The number of carbonyl (C=O) groups excluding carboxylic acids is 1. The Labute approximate surface area is 123 Å². The van der Waals surface area contributed by atoms with Gasteiger partial charge < -0.3 is 9.64 Å². The molecular formula is C14H18N2O4S. The Balaban J connectivity index is 1.76. The third-order valence-electron chi connectivity index (χ3n) is 4.28. The van der Waals surface area contributed by atoms with Crippen molar-refractivity contribution in [3.8, 4) is 5.75 Å². The van der Waals surface area contributed by atoms with Crippen molar-refractivity contribution in [3.05, 3.63) is 23.8 Å². The van der Waals surface area contributed by atoms with E-state index in [1.54, 1.807) is 18.0 Å². The van der Waals surface area contributed by atoms with Gasteiger partial charge in [0.2, 0.25) is 10.0 Å². The molecule has 114 valence electrons. The van der Waals surface area contributed by atoms with E-state index in [0.29, 0.717) is 23.8 Å². The maximum atomic E-state index is 12.4. The van der Waals surface area contributed by atoms with E-state index in [1.807, 2.05) is 0 Å². The maximum absolute atomic E-state index is 12.4. The van der Waals surface area contributed by atoms with Crippen LogP contribution in [0, 0.1) is 0 Å². The minimum absolute atomic E-state index is 0.0466. The fourth-order valence-corrected chi connectivity index (χ4v) is 3.28. The van der Waals surface area contributed by atoms with Crippen LogP contribution in [0.1, 0.15) is 24.8 Å². The monoisotopic (exact) mass is 310 g/mol. The number of hydrogen-bond donors (Lipinski definition) is 1. The van der Waals surface area contributed by atoms with Gasteiger partial charge in [-0.2, -0.15) is 0 Å². The molecule has 7 heteroatoms. The summed E-state index contributed by atoms with van der Waals surface area (Å²) >= 11 is 0. The summed E-state index contributed by atoms with van der Waals surface area (Å²) in [6.45, 7) is 0. The number of fused-ring (bicyclic) bond motifs is 1. The molecule has 1 amide bonds. The Bertz CT molecular complexity index is 682. The molecule has 0 spiro atoms. The molecule has 1 unspecified atom stereocenters. The van der Waals surface area contributed by atoms with Crippen LogP contribution in [0.4, 0.5) is 0 Å². The molecule has 0 aromatic heterocycles. The van der Waals surface area contributed by atoms with Gasteiger partial charge in [0.15, 0.2) is 6.10 Å². The lowest BCUT2D eigenvalue weighted by molar-refractivity contribution is -0.140. The average Bonchev–Trinajstić information content (AvgIpc) is 2.77. The summed E-state index contributed by atoms with van der Waals surface area (Å²) < 4.78 is 28.4. The molecule has 1 aliphatic carbocycles. The first-order valence-electron chi connectivity index (χ1n) is 6.95. The molecule has 1 aromatic rings. The summed E-state index contributed by atoms with van der Waals surface area (Å²) in [6.07, 6.45) is 3.05. The highest BCUT2D eigenvalue weighted by Gasteiger charge is 2.35. The predicted octanol–water partition coefficient (Wildman–Crippen LogP) is 0.648. The number of carbonyl (C=O) groups is 1. The lowest BCUT2D eigenvalue weighted by Gasteiger charge is -2.35. The largest absolute Gasteiger partial charge is 0.480 e. The molecule has 1 atom stereocenters. The van der Waals surface area contributed by atoms with Gasteiger partial charge in [-0.25, -0.2) is 13.6 Å². The maximum Gasteiger partial charge on any atom is 0.263 e. The minimum Gasteiger partial charge on any atom is -0.480 e. The lowest BCUT2D eigenvalue weighted by atomic mass is 9.91. The van der Waals surface area contributed by atoms with E-state index in [2.05, 4.69) is 0 Å². The molecule has 1 saturated carbocycles. The van der Waals surface area contributed by atoms with Crippen molar-refractivity contribution in [2.45, 2.75) is 42.7 Å². The Morgan fingerprint density at radius 1 is 1.38 bits per heavy atom. The second kappa shape index (κ2) is 4.99. The molecule has 1 aliphatic heterocycles. The zero-order valence-electron chi connectivity index (χ0n) is 11.8. The number of hydrogen-bond acceptors (Lipinski definition) is 4. The van der Waals surface area contributed by atoms with Crippen LogP contribution in [-0.4, -0.2) is 38.4 Å². The number of ether oxygens (including phenoxy) is 1. The highest BCUT2D eigenvalue weighted by Crippen LogP contribution is 2.32. The van der Waals surface area contributed by atoms with E-state index in [0.717, 1.165) is 19.3 Å². The smallest absolute Gasteiger partial charge is 0.263 e. The second-order valence-corrected chi connectivity index (χ2v) is 7.22. The number of likely N-dealkylation sites (N-methyl/N-ethyl adjacent to an activating group) is 1. The summed E-state index contributed by atoms with van der Waals surface area (Å²) in [7, 11) is -1.94. The number of amides is 1. The lowest BCUT2D eigenvalue weighted by Crippen LogP contribution is -2.47. The Kier molecular flexibility index (Phi) is 3.41. The van der Waals surface area contributed by atoms with Gasteiger partial charge in [0, 0.05) is 19.5 Å². The number of nitrogens with two attached hydrogens (primary N) is 1. The second-order valence-electron chi connectivity index (χ2n) is 5.66. The van der Waals surface area contributed by atoms with E-state index in [1.165, 1.54) is 12.1 Å². The first kappa shape index (κ1) is 14.3. The van der Waals surface area contributed by atoms with Crippen molar-refractivity contribution in [1.29, 1.82) is 0 Å². The predicted molar refractivity (Wildman–Crippen MR) is 76.3 cm³/mol. The topological polar surface area (TPSA) is 89.7 Å². The number of nitrogens with zero attached hydrogens (tertiary/aromatic N) is 1. The van der Waals surface area contributed by atoms with Gasteiger partial charge in [-0.3, -0.25) is 4.79 Å². The average molecular weight is 310 g/mol. The van der Waals surface area contributed by atoms with Crippen LogP contribution >= 0.6 is 0 Å². The van der Waals surface area contributed by atoms with Gasteiger partial charge in [-0.1, -0.05) is 0 Å². The first-order valence-corrected chi connectivity index (χ1v) is 8.50. The number of primary sulfonamides is 1. The van der Waals surface area contributed by atoms with Gasteiger partial charge in [0.1, 0.15) is 5.75 Å². The van der Waals surface area contributed by atoms with Crippen molar-refractivity contribution >= 4 is 15.9 Å². The number of sulfonamides is 1. The van der Waals surface area contributed by atoms with Crippen molar-refractivity contribution in [2.75, 3.05) is 7.05 Å². The van der Waals surface area contributed by atoms with E-state index >= 15 is 0 Å². The number of rotatable bonds is 3. The van der Waals surface area contributed by atoms with E-state index in [-0.39, 0.29) is 10.8 Å². The summed E-state index contributed by atoms with van der Waals surface area (Å²) in [5.41, 5.74) is 0.710. The minimum atomic E-state index is -3.74. The highest BCUT2D eigenvalue weighted by molar-refractivity contribution is 7.89. The third-order valence-corrected chi connectivity index (χ3v) is 5.19. The summed E-state index contributed by atoms with van der Waals surface area (Å²) in [6, 6.07) is 4.76. The van der Waals surface area contributed by atoms with Crippen LogP contribution in [0.15, 0.2) is 23.1 Å². The van der Waals surface area contributed by atoms with E-state index in [4.69, 9.17) is 9.88 Å². The summed E-state index contributed by atoms with van der Waals surface area (Å²) in [5.74, 6) is 0.510. The SMILES string of the molecule is CN(C(=O)C1Cc2cc(S(N)(=O)=O)ccc2O1)C1CCC1. The molecule has 0 bridgehead atoms. The van der Waals surface area contributed by atoms with Crippen LogP contribution in [0.25, 0.3) is 0 Å². The molecule has 3 rings (SSSR count). The van der Waals surface area contributed by atoms with Crippen molar-refractivity contribution < 1.29 is 17.9 Å². The van der Waals surface area contributed by atoms with Gasteiger partial charge >= 0.3 is 0 Å². The van der Waals surface area contributed by atoms with E-state index < -0.39 is 16.1 Å². The molecule has 2 aliphatic rings. The molecule has 1 fully saturated rings. The third kappa shape index (κ3) is 2.63. The molecule has 1 heterocycles. The normalized spacial score (nSPS) is 21.3. The molecule has 6 nitrogen and oxygen atoms in total. The molecular weight excluding hydrogens is 292 g/mol. The molecule has 0 saturated heterocycles. The Hall–Kier alpha value is -1.60. The number of benzene rings is 1. The van der Waals surface area contributed by atoms with Crippen LogP contribution in [0.5, 0.6) is 5.75 Å². The van der Waals surface area contributed by atoms with Gasteiger partial charge in [-0.05, 0) is 43.0 Å². The Morgan fingerprint density at radius 2 is 2.10 bits per heavy atom. The van der Waals surface area contributed by atoms with E-state index in [9.17, 15) is 13.2 Å². The zero-order chi connectivity index (χ0) is 15.2. The molecule has 2 N–H and O–H groups in total. The molecule has 1 aromatic carbocycles. The first-order chi connectivity index (χ1) is 9.86. The van der Waals surface area contributed by atoms with Crippen LogP contribution < -0.4 is 9.88 Å². The van der Waals surface area contributed by atoms with Gasteiger partial charge in [0.25, 0.3) is 5.91 Å². The van der Waals surface area contributed by atoms with Crippen LogP contribution in [0.2, 0.25) is 0 Å². The standard InChI is InChI=1S/C14H18N2O4S/c1-16(10-3-2-4-10)14(17)13-8-9-7-11(21(15,18)19)5-6-12(9)20-13/h5-7,10,13H,2-4,8H2,1H3,(H2,15,18,19). The summed E-state index contributed by atoms with van der Waals surface area (Å²) in [5, 5.41) is 5.12. The highest BCUT2D eigenvalue weighted by atomic mass is 32.2. The van der Waals surface area contributed by atoms with Crippen LogP contribution in [0.3, 0.4) is 0 Å². The van der Waals surface area contributed by atoms with Crippen molar-refractivity contribution in [3.63, 3.8) is 0 Å². The van der Waals surface area contributed by atoms with Crippen LogP contribution in [-0.2, 0) is 21.2 Å². The Morgan fingerprint density at radius 3 is 2.67 bits per heavy atom. The quantitative estimate of drug-likeness (QED) is 0.887. The van der Waals surface area contributed by atoms with Gasteiger partial charge in [0.05, 0.1) is 4.90 Å². The molecule has 0 radical (unpaired) electrons. The van der Waals surface area contributed by atoms with Crippen molar-refractivity contribution in [2.24, 2.45) is 5.14 Å².